The molecule has 1 aromatic carbocycles. The number of likely N-dealkylation sites (tertiary alicyclic amines) is 1. The molecule has 3 rings (SSSR count). The summed E-state index contributed by atoms with van der Waals surface area (Å²) in [6, 6.07) is 13.2. The van der Waals surface area contributed by atoms with Crippen molar-refractivity contribution in [1.82, 2.24) is 4.90 Å². The van der Waals surface area contributed by atoms with E-state index in [0.717, 1.165) is 5.56 Å². The number of nitrogens with zero attached hydrogens (tertiary/aromatic N) is 1. The number of benzene rings is 1. The highest BCUT2D eigenvalue weighted by atomic mass is 32.1. The first-order valence-corrected chi connectivity index (χ1v) is 7.65. The Balaban J connectivity index is 1.85. The van der Waals surface area contributed by atoms with Crippen LogP contribution in [0.25, 0.3) is 0 Å². The zero-order chi connectivity index (χ0) is 14.8. The number of rotatable bonds is 3. The summed E-state index contributed by atoms with van der Waals surface area (Å²) in [6.45, 7) is 0.726. The second-order valence-corrected chi connectivity index (χ2v) is 6.10. The van der Waals surface area contributed by atoms with E-state index in [2.05, 4.69) is 0 Å². The van der Waals surface area contributed by atoms with Gasteiger partial charge in [-0.25, -0.2) is 0 Å². The topological polar surface area (TPSA) is 57.6 Å². The van der Waals surface area contributed by atoms with Crippen LogP contribution in [0.4, 0.5) is 0 Å². The van der Waals surface area contributed by atoms with Crippen molar-refractivity contribution >= 4 is 23.2 Å². The number of aliphatic carboxylic acids is 1. The first kappa shape index (κ1) is 13.8. The van der Waals surface area contributed by atoms with E-state index in [1.54, 1.807) is 11.0 Å². The van der Waals surface area contributed by atoms with Crippen LogP contribution in [0.3, 0.4) is 0 Å². The number of thiophene rings is 1. The Kier molecular flexibility index (Phi) is 3.75. The van der Waals surface area contributed by atoms with E-state index >= 15 is 0 Å². The molecule has 0 saturated carbocycles. The Labute approximate surface area is 126 Å². The summed E-state index contributed by atoms with van der Waals surface area (Å²) in [5.41, 5.74) is 0.978. The molecule has 5 heteroatoms. The molecule has 2 heterocycles. The highest BCUT2D eigenvalue weighted by Gasteiger charge is 2.40. The van der Waals surface area contributed by atoms with Crippen molar-refractivity contribution in [2.75, 3.05) is 13.1 Å². The molecule has 0 spiro atoms. The standard InChI is InChI=1S/C16H15NO3S/c18-15(14-7-4-8-21-14)17-9-12(13(10-17)16(19)20)11-5-2-1-3-6-11/h1-8,12-13H,9-10H2,(H,19,20)/t12-,13-/m1/s1. The van der Waals surface area contributed by atoms with Crippen LogP contribution in [0.2, 0.25) is 0 Å². The quantitative estimate of drug-likeness (QED) is 0.948. The molecule has 21 heavy (non-hydrogen) atoms. The molecule has 2 aromatic rings. The molecular weight excluding hydrogens is 286 g/mol. The van der Waals surface area contributed by atoms with Gasteiger partial charge in [-0.3, -0.25) is 9.59 Å². The molecule has 0 radical (unpaired) electrons. The van der Waals surface area contributed by atoms with Gasteiger partial charge in [-0.15, -0.1) is 11.3 Å². The Morgan fingerprint density at radius 2 is 1.86 bits per heavy atom. The lowest BCUT2D eigenvalue weighted by atomic mass is 9.89. The van der Waals surface area contributed by atoms with Gasteiger partial charge in [-0.2, -0.15) is 0 Å². The van der Waals surface area contributed by atoms with Crippen LogP contribution >= 0.6 is 11.3 Å². The maximum absolute atomic E-state index is 12.4. The molecule has 0 bridgehead atoms. The lowest BCUT2D eigenvalue weighted by Crippen LogP contribution is -2.29. The maximum Gasteiger partial charge on any atom is 0.308 e. The predicted octanol–water partition coefficient (Wildman–Crippen LogP) is 2.69. The van der Waals surface area contributed by atoms with E-state index in [0.29, 0.717) is 11.4 Å². The fourth-order valence-electron chi connectivity index (χ4n) is 2.81. The number of amides is 1. The summed E-state index contributed by atoms with van der Waals surface area (Å²) in [6.07, 6.45) is 0. The largest absolute Gasteiger partial charge is 0.481 e. The van der Waals surface area contributed by atoms with Crippen LogP contribution < -0.4 is 0 Å². The normalized spacial score (nSPS) is 21.4. The van der Waals surface area contributed by atoms with Gasteiger partial charge in [0.2, 0.25) is 0 Å². The van der Waals surface area contributed by atoms with Gasteiger partial charge >= 0.3 is 5.97 Å². The van der Waals surface area contributed by atoms with E-state index in [1.165, 1.54) is 11.3 Å². The van der Waals surface area contributed by atoms with Crippen LogP contribution in [-0.2, 0) is 4.79 Å². The third-order valence-corrected chi connectivity index (χ3v) is 4.74. The average molecular weight is 301 g/mol. The SMILES string of the molecule is O=C(O)[C@@H]1CN(C(=O)c2cccs2)C[C@@H]1c1ccccc1. The van der Waals surface area contributed by atoms with Crippen molar-refractivity contribution < 1.29 is 14.7 Å². The summed E-state index contributed by atoms with van der Waals surface area (Å²) >= 11 is 1.39. The molecule has 4 nitrogen and oxygen atoms in total. The lowest BCUT2D eigenvalue weighted by Gasteiger charge is -2.15. The van der Waals surface area contributed by atoms with Crippen LogP contribution in [-0.4, -0.2) is 35.0 Å². The van der Waals surface area contributed by atoms with Crippen LogP contribution in [0.5, 0.6) is 0 Å². The molecule has 108 valence electrons. The molecule has 1 saturated heterocycles. The highest BCUT2D eigenvalue weighted by molar-refractivity contribution is 7.12. The maximum atomic E-state index is 12.4. The van der Waals surface area contributed by atoms with E-state index in [1.807, 2.05) is 41.8 Å². The Morgan fingerprint density at radius 1 is 1.10 bits per heavy atom. The van der Waals surface area contributed by atoms with Gasteiger partial charge in [0, 0.05) is 19.0 Å². The molecule has 1 aliphatic heterocycles. The summed E-state index contributed by atoms with van der Waals surface area (Å²) in [7, 11) is 0. The molecule has 0 unspecified atom stereocenters. The van der Waals surface area contributed by atoms with E-state index in [9.17, 15) is 14.7 Å². The number of carboxylic acid groups (broad SMARTS) is 1. The van der Waals surface area contributed by atoms with Gasteiger partial charge in [0.15, 0.2) is 0 Å². The molecule has 1 fully saturated rings. The monoisotopic (exact) mass is 301 g/mol. The van der Waals surface area contributed by atoms with Crippen LogP contribution in [0, 0.1) is 5.92 Å². The van der Waals surface area contributed by atoms with Crippen molar-refractivity contribution in [2.45, 2.75) is 5.92 Å². The zero-order valence-electron chi connectivity index (χ0n) is 11.3. The smallest absolute Gasteiger partial charge is 0.308 e. The first-order valence-electron chi connectivity index (χ1n) is 6.77. The molecule has 2 atom stereocenters. The highest BCUT2D eigenvalue weighted by Crippen LogP contribution is 2.33. The van der Waals surface area contributed by atoms with Gasteiger partial charge in [-0.05, 0) is 17.0 Å². The van der Waals surface area contributed by atoms with Gasteiger partial charge in [0.25, 0.3) is 5.91 Å². The molecule has 0 aliphatic carbocycles. The van der Waals surface area contributed by atoms with Gasteiger partial charge in [-0.1, -0.05) is 36.4 Å². The minimum atomic E-state index is -0.842. The van der Waals surface area contributed by atoms with Crippen LogP contribution in [0.15, 0.2) is 47.8 Å². The van der Waals surface area contributed by atoms with Gasteiger partial charge in [0.05, 0.1) is 10.8 Å². The summed E-state index contributed by atoms with van der Waals surface area (Å²) in [4.78, 5) is 26.2. The number of carbonyl (C=O) groups is 2. The summed E-state index contributed by atoms with van der Waals surface area (Å²) in [5.74, 6) is -1.61. The first-order chi connectivity index (χ1) is 10.2. The van der Waals surface area contributed by atoms with Crippen molar-refractivity contribution in [3.8, 4) is 0 Å². The predicted molar refractivity (Wildman–Crippen MR) is 80.5 cm³/mol. The van der Waals surface area contributed by atoms with Crippen molar-refractivity contribution in [2.24, 2.45) is 5.92 Å². The van der Waals surface area contributed by atoms with E-state index in [-0.39, 0.29) is 18.4 Å². The van der Waals surface area contributed by atoms with Gasteiger partial charge < -0.3 is 10.0 Å². The second-order valence-electron chi connectivity index (χ2n) is 5.15. The zero-order valence-corrected chi connectivity index (χ0v) is 12.1. The van der Waals surface area contributed by atoms with E-state index < -0.39 is 11.9 Å². The number of hydrogen-bond acceptors (Lipinski definition) is 3. The third-order valence-electron chi connectivity index (χ3n) is 3.88. The molecule has 1 aliphatic rings. The average Bonchev–Trinajstić information content (AvgIpc) is 3.17. The minimum absolute atomic E-state index is 0.0744. The molecular formula is C16H15NO3S. The minimum Gasteiger partial charge on any atom is -0.481 e. The molecule has 1 aromatic heterocycles. The Morgan fingerprint density at radius 3 is 2.48 bits per heavy atom. The van der Waals surface area contributed by atoms with Gasteiger partial charge in [0.1, 0.15) is 0 Å². The molecule has 1 amide bonds. The number of hydrogen-bond donors (Lipinski definition) is 1. The fraction of sp³-hybridized carbons (Fsp3) is 0.250. The van der Waals surface area contributed by atoms with Crippen molar-refractivity contribution in [3.63, 3.8) is 0 Å². The Bertz CT molecular complexity index is 639. The number of carboxylic acids is 1. The molecule has 1 N–H and O–H groups in total. The fourth-order valence-corrected chi connectivity index (χ4v) is 3.50. The Hall–Kier alpha value is -2.14. The summed E-state index contributed by atoms with van der Waals surface area (Å²) in [5, 5.41) is 11.3. The lowest BCUT2D eigenvalue weighted by molar-refractivity contribution is -0.141. The third kappa shape index (κ3) is 2.69. The second kappa shape index (κ2) is 5.69. The number of carbonyl (C=O) groups excluding carboxylic acids is 1. The van der Waals surface area contributed by atoms with E-state index in [4.69, 9.17) is 0 Å². The van der Waals surface area contributed by atoms with Crippen molar-refractivity contribution in [3.05, 3.63) is 58.3 Å². The van der Waals surface area contributed by atoms with Crippen LogP contribution in [0.1, 0.15) is 21.2 Å². The summed E-state index contributed by atoms with van der Waals surface area (Å²) < 4.78 is 0. The van der Waals surface area contributed by atoms with Crippen molar-refractivity contribution in [1.29, 1.82) is 0 Å².